The van der Waals surface area contributed by atoms with Crippen LogP contribution in [0.4, 0.5) is 0 Å². The van der Waals surface area contributed by atoms with Crippen LogP contribution in [0.3, 0.4) is 0 Å². The fourth-order valence-corrected chi connectivity index (χ4v) is 2.85. The molecule has 1 aliphatic rings. The standard InChI is InChI=1S/C13H19ClN2O3S/c1-20(17,18)15-7-9-16-8-6-11(10-16)19-13-5-3-2-4-12(13)14/h2-5,11,15H,6-10H2,1H3/t11-/m0/s1. The molecule has 1 fully saturated rings. The van der Waals surface area contributed by atoms with Gasteiger partial charge < -0.3 is 4.74 Å². The van der Waals surface area contributed by atoms with Crippen LogP contribution in [0.5, 0.6) is 5.75 Å². The minimum Gasteiger partial charge on any atom is -0.487 e. The molecule has 1 N–H and O–H groups in total. The first-order valence-corrected chi connectivity index (χ1v) is 8.79. The molecule has 1 saturated heterocycles. The number of hydrogen-bond acceptors (Lipinski definition) is 4. The number of para-hydroxylation sites is 1. The van der Waals surface area contributed by atoms with Crippen molar-refractivity contribution in [2.24, 2.45) is 0 Å². The van der Waals surface area contributed by atoms with Gasteiger partial charge in [0.05, 0.1) is 11.3 Å². The van der Waals surface area contributed by atoms with Gasteiger partial charge in [-0.1, -0.05) is 23.7 Å². The van der Waals surface area contributed by atoms with Crippen molar-refractivity contribution in [2.75, 3.05) is 32.4 Å². The number of benzene rings is 1. The van der Waals surface area contributed by atoms with Gasteiger partial charge in [0.2, 0.25) is 10.0 Å². The summed E-state index contributed by atoms with van der Waals surface area (Å²) in [7, 11) is -3.11. The molecule has 0 spiro atoms. The second kappa shape index (κ2) is 6.76. The third kappa shape index (κ3) is 4.94. The van der Waals surface area contributed by atoms with E-state index in [1.54, 1.807) is 6.07 Å². The highest BCUT2D eigenvalue weighted by atomic mass is 35.5. The predicted molar refractivity (Wildman–Crippen MR) is 79.8 cm³/mol. The number of sulfonamides is 1. The van der Waals surface area contributed by atoms with Gasteiger partial charge in [-0.15, -0.1) is 0 Å². The molecule has 1 aliphatic heterocycles. The van der Waals surface area contributed by atoms with Crippen molar-refractivity contribution in [3.8, 4) is 5.75 Å². The van der Waals surface area contributed by atoms with Gasteiger partial charge in [-0.2, -0.15) is 0 Å². The molecular weight excluding hydrogens is 300 g/mol. The van der Waals surface area contributed by atoms with Crippen LogP contribution >= 0.6 is 11.6 Å². The van der Waals surface area contributed by atoms with Gasteiger partial charge in [-0.3, -0.25) is 4.90 Å². The summed E-state index contributed by atoms with van der Waals surface area (Å²) < 4.78 is 30.3. The molecule has 5 nitrogen and oxygen atoms in total. The Kier molecular flexibility index (Phi) is 5.26. The van der Waals surface area contributed by atoms with Crippen LogP contribution in [0.1, 0.15) is 6.42 Å². The molecule has 1 heterocycles. The maximum absolute atomic E-state index is 11.0. The second-order valence-corrected chi connectivity index (χ2v) is 7.17. The van der Waals surface area contributed by atoms with Crippen molar-refractivity contribution in [3.63, 3.8) is 0 Å². The first-order valence-electron chi connectivity index (χ1n) is 6.52. The van der Waals surface area contributed by atoms with Gasteiger partial charge in [0.15, 0.2) is 0 Å². The Bertz CT molecular complexity index is 550. The summed E-state index contributed by atoms with van der Waals surface area (Å²) in [6.45, 7) is 2.81. The maximum atomic E-state index is 11.0. The fourth-order valence-electron chi connectivity index (χ4n) is 2.21. The zero-order valence-electron chi connectivity index (χ0n) is 11.4. The van der Waals surface area contributed by atoms with Crippen molar-refractivity contribution in [1.29, 1.82) is 0 Å². The Morgan fingerprint density at radius 1 is 1.45 bits per heavy atom. The molecule has 0 bridgehead atoms. The van der Waals surface area contributed by atoms with E-state index in [0.717, 1.165) is 19.5 Å². The summed E-state index contributed by atoms with van der Waals surface area (Å²) in [5, 5.41) is 0.615. The summed E-state index contributed by atoms with van der Waals surface area (Å²) >= 11 is 6.06. The Morgan fingerprint density at radius 3 is 2.90 bits per heavy atom. The predicted octanol–water partition coefficient (Wildman–Crippen LogP) is 1.34. The molecule has 0 aromatic heterocycles. The number of ether oxygens (including phenoxy) is 1. The van der Waals surface area contributed by atoms with Gasteiger partial charge in [0.25, 0.3) is 0 Å². The molecule has 1 aromatic rings. The number of nitrogens with one attached hydrogen (secondary N) is 1. The van der Waals surface area contributed by atoms with Crippen molar-refractivity contribution >= 4 is 21.6 Å². The van der Waals surface area contributed by atoms with Crippen LogP contribution in [0.15, 0.2) is 24.3 Å². The van der Waals surface area contributed by atoms with Crippen molar-refractivity contribution in [1.82, 2.24) is 9.62 Å². The monoisotopic (exact) mass is 318 g/mol. The van der Waals surface area contributed by atoms with E-state index in [-0.39, 0.29) is 6.10 Å². The van der Waals surface area contributed by atoms with Crippen LogP contribution in [0, 0.1) is 0 Å². The SMILES string of the molecule is CS(=O)(=O)NCCN1CC[C@H](Oc2ccccc2Cl)C1. The molecular formula is C13H19ClN2O3S. The number of halogens is 1. The van der Waals surface area contributed by atoms with E-state index in [1.807, 2.05) is 18.2 Å². The van der Waals surface area contributed by atoms with E-state index in [4.69, 9.17) is 16.3 Å². The molecule has 20 heavy (non-hydrogen) atoms. The first-order chi connectivity index (χ1) is 9.44. The van der Waals surface area contributed by atoms with E-state index in [0.29, 0.717) is 23.9 Å². The molecule has 1 aromatic carbocycles. The Hall–Kier alpha value is -0.820. The Morgan fingerprint density at radius 2 is 2.20 bits per heavy atom. The van der Waals surface area contributed by atoms with Crippen molar-refractivity contribution in [3.05, 3.63) is 29.3 Å². The van der Waals surface area contributed by atoms with E-state index in [2.05, 4.69) is 9.62 Å². The van der Waals surface area contributed by atoms with Gasteiger partial charge in [-0.25, -0.2) is 13.1 Å². The van der Waals surface area contributed by atoms with Crippen LogP contribution in [0.25, 0.3) is 0 Å². The Labute approximate surface area is 124 Å². The zero-order valence-corrected chi connectivity index (χ0v) is 13.0. The highest BCUT2D eigenvalue weighted by molar-refractivity contribution is 7.88. The van der Waals surface area contributed by atoms with Crippen molar-refractivity contribution < 1.29 is 13.2 Å². The smallest absolute Gasteiger partial charge is 0.208 e. The molecule has 112 valence electrons. The number of nitrogens with zero attached hydrogens (tertiary/aromatic N) is 1. The lowest BCUT2D eigenvalue weighted by molar-refractivity contribution is 0.201. The van der Waals surface area contributed by atoms with Gasteiger partial charge >= 0.3 is 0 Å². The number of rotatable bonds is 6. The quantitative estimate of drug-likeness (QED) is 0.860. The molecule has 0 aliphatic carbocycles. The van der Waals surface area contributed by atoms with E-state index in [9.17, 15) is 8.42 Å². The molecule has 1 atom stereocenters. The van der Waals surface area contributed by atoms with Crippen LogP contribution in [-0.4, -0.2) is 51.9 Å². The summed E-state index contributed by atoms with van der Waals surface area (Å²) in [4.78, 5) is 2.18. The third-order valence-electron chi connectivity index (χ3n) is 3.15. The molecule has 7 heteroatoms. The summed E-state index contributed by atoms with van der Waals surface area (Å²) in [5.74, 6) is 0.704. The Balaban J connectivity index is 1.77. The lowest BCUT2D eigenvalue weighted by Gasteiger charge is -2.17. The van der Waals surface area contributed by atoms with Gasteiger partial charge in [-0.05, 0) is 18.6 Å². The lowest BCUT2D eigenvalue weighted by Crippen LogP contribution is -2.34. The highest BCUT2D eigenvalue weighted by Crippen LogP contribution is 2.26. The number of hydrogen-bond donors (Lipinski definition) is 1. The summed E-state index contributed by atoms with van der Waals surface area (Å²) in [6.07, 6.45) is 2.19. The minimum atomic E-state index is -3.11. The largest absolute Gasteiger partial charge is 0.487 e. The van der Waals surface area contributed by atoms with E-state index >= 15 is 0 Å². The maximum Gasteiger partial charge on any atom is 0.208 e. The topological polar surface area (TPSA) is 58.6 Å². The van der Waals surface area contributed by atoms with E-state index in [1.165, 1.54) is 6.26 Å². The van der Waals surface area contributed by atoms with Gasteiger partial charge in [0.1, 0.15) is 11.9 Å². The summed E-state index contributed by atoms with van der Waals surface area (Å²) in [6, 6.07) is 7.42. The third-order valence-corrected chi connectivity index (χ3v) is 4.19. The molecule has 0 amide bonds. The van der Waals surface area contributed by atoms with Crippen LogP contribution in [0.2, 0.25) is 5.02 Å². The lowest BCUT2D eigenvalue weighted by atomic mass is 10.3. The number of likely N-dealkylation sites (tertiary alicyclic amines) is 1. The minimum absolute atomic E-state index is 0.105. The van der Waals surface area contributed by atoms with Crippen LogP contribution in [-0.2, 0) is 10.0 Å². The first kappa shape index (κ1) is 15.6. The highest BCUT2D eigenvalue weighted by Gasteiger charge is 2.24. The molecule has 0 unspecified atom stereocenters. The van der Waals surface area contributed by atoms with Gasteiger partial charge in [0, 0.05) is 26.2 Å². The fraction of sp³-hybridized carbons (Fsp3) is 0.538. The average Bonchev–Trinajstić information content (AvgIpc) is 2.78. The summed E-state index contributed by atoms with van der Waals surface area (Å²) in [5.41, 5.74) is 0. The molecule has 0 radical (unpaired) electrons. The van der Waals surface area contributed by atoms with E-state index < -0.39 is 10.0 Å². The van der Waals surface area contributed by atoms with Crippen molar-refractivity contribution in [2.45, 2.75) is 12.5 Å². The van der Waals surface area contributed by atoms with Crippen LogP contribution < -0.4 is 9.46 Å². The zero-order chi connectivity index (χ0) is 14.6. The average molecular weight is 319 g/mol. The second-order valence-electron chi connectivity index (χ2n) is 4.93. The molecule has 0 saturated carbocycles. The normalized spacial score (nSPS) is 20.2. The molecule has 2 rings (SSSR count).